The van der Waals surface area contributed by atoms with E-state index in [0.29, 0.717) is 16.7 Å². The average Bonchev–Trinajstić information content (AvgIpc) is 3.04. The summed E-state index contributed by atoms with van der Waals surface area (Å²) in [6.07, 6.45) is 0. The summed E-state index contributed by atoms with van der Waals surface area (Å²) in [6.45, 7) is 6.15. The van der Waals surface area contributed by atoms with Crippen molar-refractivity contribution < 1.29 is 13.9 Å². The number of anilines is 1. The number of aryl methyl sites for hydroxylation is 2. The number of hydrogen-bond acceptors (Lipinski definition) is 5. The number of nitrogens with zero attached hydrogens (tertiary/aromatic N) is 3. The lowest BCUT2D eigenvalue weighted by molar-refractivity contribution is -0.113. The van der Waals surface area contributed by atoms with Gasteiger partial charge in [0.05, 0.1) is 5.75 Å². The van der Waals surface area contributed by atoms with Crippen molar-refractivity contribution in [1.82, 2.24) is 14.8 Å². The van der Waals surface area contributed by atoms with Gasteiger partial charge in [0.25, 0.3) is 0 Å². The van der Waals surface area contributed by atoms with E-state index in [9.17, 15) is 9.18 Å². The lowest BCUT2D eigenvalue weighted by atomic mass is 10.1. The molecule has 0 saturated carbocycles. The summed E-state index contributed by atoms with van der Waals surface area (Å²) in [5.74, 6) is 0.988. The Morgan fingerprint density at radius 1 is 1.17 bits per heavy atom. The van der Waals surface area contributed by atoms with Crippen LogP contribution in [0.1, 0.15) is 22.5 Å². The Labute approximate surface area is 173 Å². The first-order chi connectivity index (χ1) is 13.8. The Kier molecular flexibility index (Phi) is 6.53. The molecule has 1 aromatic heterocycles. The fourth-order valence-electron chi connectivity index (χ4n) is 2.66. The van der Waals surface area contributed by atoms with Crippen LogP contribution in [-0.4, -0.2) is 26.4 Å². The normalized spacial score (nSPS) is 10.8. The first kappa shape index (κ1) is 20.9. The third-order valence-corrected chi connectivity index (χ3v) is 5.66. The van der Waals surface area contributed by atoms with Gasteiger partial charge in [-0.25, -0.2) is 4.39 Å². The Balaban J connectivity index is 1.57. The fraction of sp³-hybridized carbons (Fsp3) is 0.286. The molecule has 0 unspecified atom stereocenters. The molecule has 0 spiro atoms. The van der Waals surface area contributed by atoms with Crippen LogP contribution in [0.15, 0.2) is 41.6 Å². The van der Waals surface area contributed by atoms with E-state index < -0.39 is 0 Å². The first-order valence-electron chi connectivity index (χ1n) is 9.11. The Morgan fingerprint density at radius 3 is 2.76 bits per heavy atom. The second-order valence-electron chi connectivity index (χ2n) is 6.74. The van der Waals surface area contributed by atoms with Gasteiger partial charge in [-0.15, -0.1) is 10.2 Å². The van der Waals surface area contributed by atoms with E-state index in [0.717, 1.165) is 22.4 Å². The van der Waals surface area contributed by atoms with Gasteiger partial charge in [0, 0.05) is 12.7 Å². The van der Waals surface area contributed by atoms with E-state index in [4.69, 9.17) is 4.74 Å². The predicted octanol–water partition coefficient (Wildman–Crippen LogP) is 4.19. The molecule has 0 saturated heterocycles. The van der Waals surface area contributed by atoms with E-state index in [1.807, 2.05) is 46.0 Å². The standard InChI is InChI=1S/C21H23FN4O2S/c1-13-6-5-7-18(15(13)3)28-11-19-24-25-21(26(19)4)29-12-20(27)23-17-10-16(22)9-8-14(17)2/h5-10H,11-12H2,1-4H3,(H,23,27). The zero-order valence-electron chi connectivity index (χ0n) is 16.8. The highest BCUT2D eigenvalue weighted by Gasteiger charge is 2.13. The maximum atomic E-state index is 13.4. The molecule has 0 aliphatic heterocycles. The van der Waals surface area contributed by atoms with Crippen LogP contribution in [-0.2, 0) is 18.4 Å². The smallest absolute Gasteiger partial charge is 0.234 e. The van der Waals surface area contributed by atoms with E-state index >= 15 is 0 Å². The highest BCUT2D eigenvalue weighted by Crippen LogP contribution is 2.23. The Morgan fingerprint density at radius 2 is 1.97 bits per heavy atom. The number of ether oxygens (including phenoxy) is 1. The molecule has 8 heteroatoms. The van der Waals surface area contributed by atoms with Crippen molar-refractivity contribution in [2.75, 3.05) is 11.1 Å². The van der Waals surface area contributed by atoms with Crippen LogP contribution in [0.4, 0.5) is 10.1 Å². The molecule has 0 fully saturated rings. The SMILES string of the molecule is Cc1ccc(F)cc1NC(=O)CSc1nnc(COc2cccc(C)c2C)n1C. The molecule has 6 nitrogen and oxygen atoms in total. The van der Waals surface area contributed by atoms with Gasteiger partial charge in [-0.1, -0.05) is 30.0 Å². The molecule has 3 aromatic rings. The molecular weight excluding hydrogens is 391 g/mol. The number of carbonyl (C=O) groups excluding carboxylic acids is 1. The van der Waals surface area contributed by atoms with Gasteiger partial charge < -0.3 is 14.6 Å². The van der Waals surface area contributed by atoms with E-state index in [2.05, 4.69) is 15.5 Å². The van der Waals surface area contributed by atoms with Crippen molar-refractivity contribution in [3.8, 4) is 5.75 Å². The molecule has 0 aliphatic rings. The molecule has 3 rings (SSSR count). The largest absolute Gasteiger partial charge is 0.485 e. The molecule has 0 radical (unpaired) electrons. The van der Waals surface area contributed by atoms with Crippen molar-refractivity contribution >= 4 is 23.4 Å². The molecule has 29 heavy (non-hydrogen) atoms. The molecule has 1 amide bonds. The topological polar surface area (TPSA) is 69.0 Å². The van der Waals surface area contributed by atoms with E-state index in [1.165, 1.54) is 23.9 Å². The zero-order valence-corrected chi connectivity index (χ0v) is 17.6. The fourth-order valence-corrected chi connectivity index (χ4v) is 3.39. The molecule has 0 aliphatic carbocycles. The van der Waals surface area contributed by atoms with Gasteiger partial charge in [0.2, 0.25) is 5.91 Å². The van der Waals surface area contributed by atoms with Crippen LogP contribution in [0.2, 0.25) is 0 Å². The Bertz CT molecular complexity index is 1040. The van der Waals surface area contributed by atoms with Crippen LogP contribution in [0, 0.1) is 26.6 Å². The summed E-state index contributed by atoms with van der Waals surface area (Å²) in [4.78, 5) is 12.2. The van der Waals surface area contributed by atoms with Crippen LogP contribution in [0.5, 0.6) is 5.75 Å². The van der Waals surface area contributed by atoms with Crippen molar-refractivity contribution in [3.05, 3.63) is 64.7 Å². The quantitative estimate of drug-likeness (QED) is 0.587. The van der Waals surface area contributed by atoms with Crippen LogP contribution in [0.3, 0.4) is 0 Å². The third kappa shape index (κ3) is 5.14. The lowest BCUT2D eigenvalue weighted by Gasteiger charge is -2.10. The summed E-state index contributed by atoms with van der Waals surface area (Å²) in [6, 6.07) is 10.2. The van der Waals surface area contributed by atoms with Crippen molar-refractivity contribution in [2.45, 2.75) is 32.5 Å². The van der Waals surface area contributed by atoms with Gasteiger partial charge in [0.1, 0.15) is 18.2 Å². The highest BCUT2D eigenvalue weighted by molar-refractivity contribution is 7.99. The van der Waals surface area contributed by atoms with Crippen LogP contribution in [0.25, 0.3) is 0 Å². The monoisotopic (exact) mass is 414 g/mol. The molecule has 0 atom stereocenters. The summed E-state index contributed by atoms with van der Waals surface area (Å²) >= 11 is 1.26. The van der Waals surface area contributed by atoms with Gasteiger partial charge in [0.15, 0.2) is 11.0 Å². The van der Waals surface area contributed by atoms with Crippen LogP contribution < -0.4 is 10.1 Å². The number of benzene rings is 2. The second kappa shape index (κ2) is 9.09. The van der Waals surface area contributed by atoms with E-state index in [-0.39, 0.29) is 24.1 Å². The highest BCUT2D eigenvalue weighted by atomic mass is 32.2. The van der Waals surface area contributed by atoms with Gasteiger partial charge in [-0.2, -0.15) is 0 Å². The molecule has 0 bridgehead atoms. The zero-order chi connectivity index (χ0) is 21.0. The number of nitrogens with one attached hydrogen (secondary N) is 1. The summed E-state index contributed by atoms with van der Waals surface area (Å²) in [5.41, 5.74) is 3.52. The number of carbonyl (C=O) groups is 1. The molecule has 1 N–H and O–H groups in total. The maximum Gasteiger partial charge on any atom is 0.234 e. The number of rotatable bonds is 7. The van der Waals surface area contributed by atoms with Crippen molar-refractivity contribution in [2.24, 2.45) is 7.05 Å². The minimum absolute atomic E-state index is 0.139. The number of hydrogen-bond donors (Lipinski definition) is 1. The minimum Gasteiger partial charge on any atom is -0.485 e. The first-order valence-corrected chi connectivity index (χ1v) is 10.1. The van der Waals surface area contributed by atoms with E-state index in [1.54, 1.807) is 10.6 Å². The molecule has 152 valence electrons. The summed E-state index contributed by atoms with van der Waals surface area (Å²) < 4.78 is 21.0. The second-order valence-corrected chi connectivity index (χ2v) is 7.68. The maximum absolute atomic E-state index is 13.4. The molecule has 1 heterocycles. The average molecular weight is 415 g/mol. The molecule has 2 aromatic carbocycles. The van der Waals surface area contributed by atoms with Crippen molar-refractivity contribution in [1.29, 1.82) is 0 Å². The van der Waals surface area contributed by atoms with Gasteiger partial charge in [-0.3, -0.25) is 4.79 Å². The Hall–Kier alpha value is -2.87. The number of aromatic nitrogens is 3. The van der Waals surface area contributed by atoms with Gasteiger partial charge >= 0.3 is 0 Å². The molecular formula is C21H23FN4O2S. The van der Waals surface area contributed by atoms with Gasteiger partial charge in [-0.05, 0) is 55.7 Å². The number of halogens is 1. The van der Waals surface area contributed by atoms with Crippen LogP contribution >= 0.6 is 11.8 Å². The lowest BCUT2D eigenvalue weighted by Crippen LogP contribution is -2.15. The number of thioether (sulfide) groups is 1. The predicted molar refractivity (Wildman–Crippen MR) is 112 cm³/mol. The third-order valence-electron chi connectivity index (χ3n) is 4.64. The summed E-state index contributed by atoms with van der Waals surface area (Å²) in [7, 11) is 1.83. The minimum atomic E-state index is -0.389. The van der Waals surface area contributed by atoms with Crippen molar-refractivity contribution in [3.63, 3.8) is 0 Å². The summed E-state index contributed by atoms with van der Waals surface area (Å²) in [5, 5.41) is 11.6. The number of amides is 1.